The van der Waals surface area contributed by atoms with Gasteiger partial charge in [-0.25, -0.2) is 0 Å². The van der Waals surface area contributed by atoms with Crippen LogP contribution in [0.5, 0.6) is 0 Å². The highest BCUT2D eigenvalue weighted by molar-refractivity contribution is 5.45. The molecule has 0 saturated carbocycles. The lowest BCUT2D eigenvalue weighted by Crippen LogP contribution is -2.45. The molecule has 1 unspecified atom stereocenters. The summed E-state index contributed by atoms with van der Waals surface area (Å²) >= 11 is 0. The van der Waals surface area contributed by atoms with Crippen molar-refractivity contribution in [2.24, 2.45) is 0 Å². The monoisotopic (exact) mass is 291 g/mol. The van der Waals surface area contributed by atoms with Gasteiger partial charge in [-0.2, -0.15) is 4.98 Å². The molecule has 21 heavy (non-hydrogen) atoms. The molecule has 114 valence electrons. The first-order chi connectivity index (χ1) is 10.3. The van der Waals surface area contributed by atoms with E-state index in [1.807, 2.05) is 6.92 Å². The lowest BCUT2D eigenvalue weighted by atomic mass is 10.1. The Hall–Kier alpha value is -1.73. The van der Waals surface area contributed by atoms with Crippen LogP contribution in [0.2, 0.25) is 0 Å². The van der Waals surface area contributed by atoms with Crippen LogP contribution in [0.25, 0.3) is 11.6 Å². The van der Waals surface area contributed by atoms with E-state index in [1.54, 1.807) is 6.07 Å². The fourth-order valence-corrected chi connectivity index (χ4v) is 2.68. The van der Waals surface area contributed by atoms with Crippen molar-refractivity contribution in [1.29, 1.82) is 0 Å². The lowest BCUT2D eigenvalue weighted by molar-refractivity contribution is 0.155. The van der Waals surface area contributed by atoms with Crippen molar-refractivity contribution in [3.63, 3.8) is 0 Å². The first kappa shape index (κ1) is 14.2. The van der Waals surface area contributed by atoms with E-state index in [0.29, 0.717) is 11.6 Å². The highest BCUT2D eigenvalue weighted by Crippen LogP contribution is 2.26. The molecule has 3 rings (SSSR count). The van der Waals surface area contributed by atoms with E-state index in [9.17, 15) is 0 Å². The smallest absolute Gasteiger partial charge is 0.280 e. The molecule has 7 heteroatoms. The maximum Gasteiger partial charge on any atom is 0.280 e. The average Bonchev–Trinajstić information content (AvgIpc) is 3.14. The summed E-state index contributed by atoms with van der Waals surface area (Å²) < 4.78 is 10.4. The highest BCUT2D eigenvalue weighted by atomic mass is 16.5. The van der Waals surface area contributed by atoms with Crippen LogP contribution in [-0.2, 0) is 0 Å². The zero-order valence-electron chi connectivity index (χ0n) is 12.5. The molecule has 1 saturated heterocycles. The summed E-state index contributed by atoms with van der Waals surface area (Å²) in [7, 11) is 0. The molecular formula is C14H21N5O2. The predicted molar refractivity (Wildman–Crippen MR) is 76.6 cm³/mol. The zero-order chi connectivity index (χ0) is 14.7. The molecule has 2 aromatic rings. The van der Waals surface area contributed by atoms with Gasteiger partial charge in [0.05, 0.1) is 6.04 Å². The molecule has 7 nitrogen and oxygen atoms in total. The quantitative estimate of drug-likeness (QED) is 0.899. The van der Waals surface area contributed by atoms with Crippen molar-refractivity contribution in [3.05, 3.63) is 17.7 Å². The van der Waals surface area contributed by atoms with Gasteiger partial charge in [0, 0.05) is 32.2 Å². The van der Waals surface area contributed by atoms with Crippen molar-refractivity contribution in [2.75, 3.05) is 26.2 Å². The van der Waals surface area contributed by atoms with Crippen LogP contribution in [0.3, 0.4) is 0 Å². The third-order valence-corrected chi connectivity index (χ3v) is 3.74. The van der Waals surface area contributed by atoms with Gasteiger partial charge in [-0.3, -0.25) is 4.90 Å². The molecule has 2 aromatic heterocycles. The minimum Gasteiger partial charge on any atom is -0.361 e. The van der Waals surface area contributed by atoms with E-state index >= 15 is 0 Å². The maximum atomic E-state index is 5.36. The Morgan fingerprint density at radius 1 is 1.29 bits per heavy atom. The fraction of sp³-hybridized carbons (Fsp3) is 0.643. The van der Waals surface area contributed by atoms with Gasteiger partial charge >= 0.3 is 0 Å². The Balaban J connectivity index is 1.81. The molecule has 1 aliphatic heterocycles. The Labute approximate surface area is 123 Å². The second kappa shape index (κ2) is 6.36. The minimum absolute atomic E-state index is 0.211. The Bertz CT molecular complexity index is 573. The first-order valence-electron chi connectivity index (χ1n) is 7.50. The van der Waals surface area contributed by atoms with Crippen molar-refractivity contribution in [3.8, 4) is 11.6 Å². The van der Waals surface area contributed by atoms with Crippen molar-refractivity contribution in [2.45, 2.75) is 32.7 Å². The standard InChI is InChI=1S/C14H21N5O2/c1-3-4-12(19-7-5-15-6-8-19)13-16-14(21-18-13)11-9-10(2)20-17-11/h9,12,15H,3-8H2,1-2H3. The summed E-state index contributed by atoms with van der Waals surface area (Å²) in [6, 6.07) is 2.01. The maximum absolute atomic E-state index is 5.36. The van der Waals surface area contributed by atoms with E-state index in [2.05, 4.69) is 32.4 Å². The Kier molecular flexibility index (Phi) is 4.31. The van der Waals surface area contributed by atoms with Crippen LogP contribution >= 0.6 is 0 Å². The lowest BCUT2D eigenvalue weighted by Gasteiger charge is -2.32. The second-order valence-electron chi connectivity index (χ2n) is 5.37. The van der Waals surface area contributed by atoms with Gasteiger partial charge in [-0.05, 0) is 13.3 Å². The van der Waals surface area contributed by atoms with Gasteiger partial charge in [0.1, 0.15) is 5.76 Å². The molecular weight excluding hydrogens is 270 g/mol. The van der Waals surface area contributed by atoms with Gasteiger partial charge in [0.15, 0.2) is 11.5 Å². The van der Waals surface area contributed by atoms with Crippen molar-refractivity contribution in [1.82, 2.24) is 25.5 Å². The third kappa shape index (κ3) is 3.14. The Morgan fingerprint density at radius 2 is 2.10 bits per heavy atom. The summed E-state index contributed by atoms with van der Waals surface area (Å²) in [5, 5.41) is 11.5. The molecule has 0 aromatic carbocycles. The number of aromatic nitrogens is 3. The molecule has 0 amide bonds. The number of nitrogens with one attached hydrogen (secondary N) is 1. The van der Waals surface area contributed by atoms with E-state index in [4.69, 9.17) is 9.05 Å². The SMILES string of the molecule is CCCC(c1noc(-c2cc(C)on2)n1)N1CCNCC1. The molecule has 0 spiro atoms. The molecule has 3 heterocycles. The normalized spacial score (nSPS) is 18.0. The topological polar surface area (TPSA) is 80.2 Å². The van der Waals surface area contributed by atoms with Gasteiger partial charge in [-0.15, -0.1) is 0 Å². The second-order valence-corrected chi connectivity index (χ2v) is 5.37. The van der Waals surface area contributed by atoms with Gasteiger partial charge in [0.25, 0.3) is 5.89 Å². The average molecular weight is 291 g/mol. The predicted octanol–water partition coefficient (Wildman–Crippen LogP) is 1.78. The molecule has 0 aliphatic carbocycles. The summed E-state index contributed by atoms with van der Waals surface area (Å²) in [4.78, 5) is 6.94. The third-order valence-electron chi connectivity index (χ3n) is 3.74. The van der Waals surface area contributed by atoms with Gasteiger partial charge < -0.3 is 14.4 Å². The molecule has 1 fully saturated rings. The van der Waals surface area contributed by atoms with Crippen LogP contribution in [0.4, 0.5) is 0 Å². The molecule has 1 atom stereocenters. The summed E-state index contributed by atoms with van der Waals surface area (Å²) in [6.07, 6.45) is 2.11. The summed E-state index contributed by atoms with van der Waals surface area (Å²) in [5.41, 5.74) is 0.599. The van der Waals surface area contributed by atoms with E-state index in [1.165, 1.54) is 0 Å². The molecule has 1 N–H and O–H groups in total. The van der Waals surface area contributed by atoms with Crippen LogP contribution in [0.15, 0.2) is 15.1 Å². The van der Waals surface area contributed by atoms with Gasteiger partial charge in [-0.1, -0.05) is 23.7 Å². The summed E-state index contributed by atoms with van der Waals surface area (Å²) in [6.45, 7) is 8.06. The number of piperazine rings is 1. The van der Waals surface area contributed by atoms with E-state index in [0.717, 1.165) is 50.6 Å². The van der Waals surface area contributed by atoms with E-state index < -0.39 is 0 Å². The Morgan fingerprint density at radius 3 is 2.76 bits per heavy atom. The van der Waals surface area contributed by atoms with Crippen LogP contribution < -0.4 is 5.32 Å². The fourth-order valence-electron chi connectivity index (χ4n) is 2.68. The minimum atomic E-state index is 0.211. The molecule has 0 radical (unpaired) electrons. The largest absolute Gasteiger partial charge is 0.361 e. The summed E-state index contributed by atoms with van der Waals surface area (Å²) in [5.74, 6) is 1.91. The molecule has 1 aliphatic rings. The number of nitrogens with zero attached hydrogens (tertiary/aromatic N) is 4. The van der Waals surface area contributed by atoms with E-state index in [-0.39, 0.29) is 6.04 Å². The number of aryl methyl sites for hydroxylation is 1. The highest BCUT2D eigenvalue weighted by Gasteiger charge is 2.26. The van der Waals surface area contributed by atoms with Crippen molar-refractivity contribution < 1.29 is 9.05 Å². The van der Waals surface area contributed by atoms with Crippen molar-refractivity contribution >= 4 is 0 Å². The van der Waals surface area contributed by atoms with Gasteiger partial charge in [0.2, 0.25) is 0 Å². The van der Waals surface area contributed by atoms with Crippen LogP contribution in [0.1, 0.15) is 37.4 Å². The first-order valence-corrected chi connectivity index (χ1v) is 7.50. The molecule has 0 bridgehead atoms. The number of rotatable bonds is 5. The van der Waals surface area contributed by atoms with Crippen LogP contribution in [-0.4, -0.2) is 46.4 Å². The zero-order valence-corrected chi connectivity index (χ0v) is 12.5. The number of hydrogen-bond donors (Lipinski definition) is 1. The van der Waals surface area contributed by atoms with Crippen LogP contribution in [0, 0.1) is 6.92 Å². The number of hydrogen-bond acceptors (Lipinski definition) is 7.